The van der Waals surface area contributed by atoms with Gasteiger partial charge < -0.3 is 0 Å². The van der Waals surface area contributed by atoms with Crippen molar-refractivity contribution in [3.8, 4) is 0 Å². The monoisotopic (exact) mass is 179 g/mol. The van der Waals surface area contributed by atoms with E-state index in [0.29, 0.717) is 0 Å². The van der Waals surface area contributed by atoms with Crippen LogP contribution < -0.4 is 0 Å². The largest absolute Gasteiger partial charge is 0.193 e. The fourth-order valence-corrected chi connectivity index (χ4v) is 2.54. The lowest BCUT2D eigenvalue weighted by Gasteiger charge is -2.12. The molecule has 2 aliphatic rings. The molecule has 0 unspecified atom stereocenters. The minimum absolute atomic E-state index is 0.240. The van der Waals surface area contributed by atoms with Gasteiger partial charge in [0.15, 0.2) is 11.3 Å². The highest BCUT2D eigenvalue weighted by Crippen LogP contribution is 2.26. The van der Waals surface area contributed by atoms with Gasteiger partial charge in [0.25, 0.3) is 0 Å². The van der Waals surface area contributed by atoms with Gasteiger partial charge in [0, 0.05) is 26.7 Å². The van der Waals surface area contributed by atoms with Crippen LogP contribution in [0.15, 0.2) is 5.10 Å². The molecule has 1 fully saturated rings. The standard InChI is InChI=1S/C11H19N2/c1-9-8-11(2,3)13(12-9)10-6-4-5-7-10/h4-8H2,1-3H3/q+1. The second-order valence-electron chi connectivity index (χ2n) is 4.91. The van der Waals surface area contributed by atoms with Crippen molar-refractivity contribution in [1.82, 2.24) is 0 Å². The minimum Gasteiger partial charge on any atom is -0.0875 e. The fourth-order valence-electron chi connectivity index (χ4n) is 2.54. The molecule has 0 bridgehead atoms. The second-order valence-corrected chi connectivity index (χ2v) is 4.91. The Morgan fingerprint density at radius 2 is 1.85 bits per heavy atom. The minimum atomic E-state index is 0.240. The Balaban J connectivity index is 2.36. The van der Waals surface area contributed by atoms with E-state index in [9.17, 15) is 0 Å². The van der Waals surface area contributed by atoms with Gasteiger partial charge in [-0.3, -0.25) is 0 Å². The van der Waals surface area contributed by atoms with Crippen LogP contribution in [0.3, 0.4) is 0 Å². The number of hydrogen-bond acceptors (Lipinski definition) is 1. The molecule has 2 heteroatoms. The lowest BCUT2D eigenvalue weighted by molar-refractivity contribution is -0.597. The summed E-state index contributed by atoms with van der Waals surface area (Å²) in [5.74, 6) is 0. The van der Waals surface area contributed by atoms with Crippen LogP contribution in [0, 0.1) is 0 Å². The Labute approximate surface area is 80.3 Å². The van der Waals surface area contributed by atoms with E-state index in [0.717, 1.165) is 6.42 Å². The first-order chi connectivity index (χ1) is 6.09. The molecule has 0 aromatic heterocycles. The van der Waals surface area contributed by atoms with E-state index >= 15 is 0 Å². The van der Waals surface area contributed by atoms with Crippen molar-refractivity contribution in [3.63, 3.8) is 0 Å². The molecule has 0 N–H and O–H groups in total. The third kappa shape index (κ3) is 1.54. The second kappa shape index (κ2) is 2.93. The zero-order valence-electron chi connectivity index (χ0n) is 8.93. The molecule has 1 saturated carbocycles. The lowest BCUT2D eigenvalue weighted by atomic mass is 9.99. The molecule has 1 heterocycles. The topological polar surface area (TPSA) is 15.4 Å². The molecule has 1 aliphatic heterocycles. The summed E-state index contributed by atoms with van der Waals surface area (Å²) in [5, 5.41) is 4.64. The highest BCUT2D eigenvalue weighted by Gasteiger charge is 2.41. The molecule has 0 radical (unpaired) electrons. The van der Waals surface area contributed by atoms with Crippen LogP contribution in [0.2, 0.25) is 0 Å². The average molecular weight is 179 g/mol. The summed E-state index contributed by atoms with van der Waals surface area (Å²) in [7, 11) is 0. The summed E-state index contributed by atoms with van der Waals surface area (Å²) in [5.41, 5.74) is 3.08. The highest BCUT2D eigenvalue weighted by molar-refractivity contribution is 5.86. The van der Waals surface area contributed by atoms with Crippen LogP contribution in [-0.4, -0.2) is 21.6 Å². The number of hydrazone groups is 1. The van der Waals surface area contributed by atoms with Crippen LogP contribution in [-0.2, 0) is 0 Å². The van der Waals surface area contributed by atoms with Crippen molar-refractivity contribution in [2.24, 2.45) is 5.10 Å². The summed E-state index contributed by atoms with van der Waals surface area (Å²) in [6, 6.07) is 0. The van der Waals surface area contributed by atoms with Crippen molar-refractivity contribution in [3.05, 3.63) is 0 Å². The van der Waals surface area contributed by atoms with Gasteiger partial charge in [-0.2, -0.15) is 0 Å². The third-order valence-electron chi connectivity index (χ3n) is 3.01. The van der Waals surface area contributed by atoms with Crippen LogP contribution >= 0.6 is 0 Å². The van der Waals surface area contributed by atoms with Gasteiger partial charge >= 0.3 is 0 Å². The van der Waals surface area contributed by atoms with E-state index in [4.69, 9.17) is 0 Å². The predicted octanol–water partition coefficient (Wildman–Crippen LogP) is 2.57. The Morgan fingerprint density at radius 3 is 2.31 bits per heavy atom. The van der Waals surface area contributed by atoms with E-state index < -0.39 is 0 Å². The van der Waals surface area contributed by atoms with Gasteiger partial charge in [-0.1, -0.05) is 4.68 Å². The maximum absolute atomic E-state index is 4.64. The predicted molar refractivity (Wildman–Crippen MR) is 55.5 cm³/mol. The molecule has 72 valence electrons. The van der Waals surface area contributed by atoms with Gasteiger partial charge in [0.2, 0.25) is 0 Å². The zero-order valence-corrected chi connectivity index (χ0v) is 8.93. The lowest BCUT2D eigenvalue weighted by Crippen LogP contribution is -2.32. The number of rotatable bonds is 0. The number of hydrogen-bond donors (Lipinski definition) is 0. The van der Waals surface area contributed by atoms with E-state index in [1.807, 2.05) is 0 Å². The van der Waals surface area contributed by atoms with E-state index in [1.54, 1.807) is 5.71 Å². The van der Waals surface area contributed by atoms with Gasteiger partial charge in [0.05, 0.1) is 12.1 Å². The van der Waals surface area contributed by atoms with Crippen LogP contribution in [0.25, 0.3) is 0 Å². The summed E-state index contributed by atoms with van der Waals surface area (Å²) in [4.78, 5) is 0. The van der Waals surface area contributed by atoms with E-state index in [2.05, 4.69) is 30.6 Å². The quantitative estimate of drug-likeness (QED) is 0.508. The molecule has 0 saturated heterocycles. The zero-order chi connectivity index (χ0) is 9.47. The first kappa shape index (κ1) is 8.92. The Morgan fingerprint density at radius 1 is 1.23 bits per heavy atom. The molecule has 0 aromatic rings. The fraction of sp³-hybridized carbons (Fsp3) is 0.818. The SMILES string of the molecule is CC1=N[N+](=C2CCCC2)C(C)(C)C1. The molecular formula is C11H19N2+. The Hall–Kier alpha value is -0.660. The van der Waals surface area contributed by atoms with E-state index in [1.165, 1.54) is 31.4 Å². The third-order valence-corrected chi connectivity index (χ3v) is 3.01. The highest BCUT2D eigenvalue weighted by atomic mass is 15.4. The van der Waals surface area contributed by atoms with Crippen LogP contribution in [0.1, 0.15) is 52.9 Å². The van der Waals surface area contributed by atoms with Crippen molar-refractivity contribution >= 4 is 11.4 Å². The van der Waals surface area contributed by atoms with Crippen LogP contribution in [0.5, 0.6) is 0 Å². The van der Waals surface area contributed by atoms with E-state index in [-0.39, 0.29) is 5.54 Å². The molecule has 2 nitrogen and oxygen atoms in total. The maximum atomic E-state index is 4.64. The van der Waals surface area contributed by atoms with Crippen molar-refractivity contribution in [1.29, 1.82) is 0 Å². The summed E-state index contributed by atoms with van der Waals surface area (Å²) in [6.45, 7) is 6.72. The Kier molecular flexibility index (Phi) is 2.01. The molecule has 1 aliphatic carbocycles. The van der Waals surface area contributed by atoms with Crippen molar-refractivity contribution < 1.29 is 4.68 Å². The van der Waals surface area contributed by atoms with Gasteiger partial charge in [-0.05, 0) is 24.9 Å². The van der Waals surface area contributed by atoms with Gasteiger partial charge in [-0.15, -0.1) is 0 Å². The summed E-state index contributed by atoms with van der Waals surface area (Å²) < 4.78 is 2.29. The molecule has 13 heavy (non-hydrogen) atoms. The van der Waals surface area contributed by atoms with Crippen molar-refractivity contribution in [2.45, 2.75) is 58.4 Å². The number of nitrogens with zero attached hydrogens (tertiary/aromatic N) is 2. The van der Waals surface area contributed by atoms with Gasteiger partial charge in [-0.25, -0.2) is 0 Å². The summed E-state index contributed by atoms with van der Waals surface area (Å²) in [6.07, 6.45) is 6.36. The molecular weight excluding hydrogens is 160 g/mol. The average Bonchev–Trinajstić information content (AvgIpc) is 2.56. The summed E-state index contributed by atoms with van der Waals surface area (Å²) >= 11 is 0. The molecule has 0 amide bonds. The Bertz CT molecular complexity index is 276. The maximum Gasteiger partial charge on any atom is 0.193 e. The van der Waals surface area contributed by atoms with Gasteiger partial charge in [0.1, 0.15) is 0 Å². The smallest absolute Gasteiger partial charge is 0.0875 e. The first-order valence-corrected chi connectivity index (χ1v) is 5.29. The first-order valence-electron chi connectivity index (χ1n) is 5.29. The van der Waals surface area contributed by atoms with Crippen molar-refractivity contribution in [2.75, 3.05) is 0 Å². The molecule has 0 spiro atoms. The van der Waals surface area contributed by atoms with Crippen LogP contribution in [0.4, 0.5) is 0 Å². The molecule has 0 atom stereocenters. The molecule has 0 aromatic carbocycles. The normalized spacial score (nSPS) is 26.8. The molecule has 2 rings (SSSR count).